The van der Waals surface area contributed by atoms with E-state index < -0.39 is 0 Å². The summed E-state index contributed by atoms with van der Waals surface area (Å²) in [6, 6.07) is 5.63. The number of anilines is 1. The van der Waals surface area contributed by atoms with Gasteiger partial charge < -0.3 is 10.4 Å². The Hall–Kier alpha value is -0.730. The van der Waals surface area contributed by atoms with E-state index >= 15 is 0 Å². The molecule has 0 heterocycles. The number of halogens is 1. The number of aryl methyl sites for hydroxylation is 1. The molecule has 0 aliphatic heterocycles. The standard InChI is InChI=1S/C9H12ClNO/c1-7-6-8(10)2-3-9(7)11-4-5-12/h2-3,6,11-12H,4-5H2,1H3. The molecule has 0 aliphatic rings. The second kappa shape index (κ2) is 4.33. The van der Waals surface area contributed by atoms with E-state index in [9.17, 15) is 0 Å². The maximum atomic E-state index is 8.58. The number of nitrogens with one attached hydrogen (secondary N) is 1. The zero-order valence-electron chi connectivity index (χ0n) is 6.97. The maximum absolute atomic E-state index is 8.58. The van der Waals surface area contributed by atoms with Crippen molar-refractivity contribution in [1.82, 2.24) is 0 Å². The zero-order chi connectivity index (χ0) is 8.97. The van der Waals surface area contributed by atoms with Crippen LogP contribution in [0.5, 0.6) is 0 Å². The quantitative estimate of drug-likeness (QED) is 0.756. The van der Waals surface area contributed by atoms with Crippen LogP contribution in [0.4, 0.5) is 5.69 Å². The van der Waals surface area contributed by atoms with E-state index in [1.165, 1.54) is 0 Å². The van der Waals surface area contributed by atoms with Crippen LogP contribution in [0.15, 0.2) is 18.2 Å². The Kier molecular flexibility index (Phi) is 3.38. The molecule has 0 unspecified atom stereocenters. The Labute approximate surface area is 77.2 Å². The average molecular weight is 186 g/mol. The lowest BCUT2D eigenvalue weighted by Gasteiger charge is -2.07. The van der Waals surface area contributed by atoms with E-state index in [1.54, 1.807) is 0 Å². The van der Waals surface area contributed by atoms with Gasteiger partial charge in [0.25, 0.3) is 0 Å². The predicted octanol–water partition coefficient (Wildman–Crippen LogP) is 2.05. The fourth-order valence-corrected chi connectivity index (χ4v) is 1.24. The highest BCUT2D eigenvalue weighted by molar-refractivity contribution is 6.30. The van der Waals surface area contributed by atoms with Gasteiger partial charge in [0.15, 0.2) is 0 Å². The molecule has 0 atom stereocenters. The van der Waals surface area contributed by atoms with Crippen LogP contribution >= 0.6 is 11.6 Å². The molecule has 0 bridgehead atoms. The minimum absolute atomic E-state index is 0.141. The molecule has 0 aliphatic carbocycles. The molecule has 2 nitrogen and oxygen atoms in total. The fourth-order valence-electron chi connectivity index (χ4n) is 1.02. The number of hydrogen-bond acceptors (Lipinski definition) is 2. The summed E-state index contributed by atoms with van der Waals surface area (Å²) in [6.07, 6.45) is 0. The van der Waals surface area contributed by atoms with Crippen LogP contribution in [0.25, 0.3) is 0 Å². The van der Waals surface area contributed by atoms with Crippen molar-refractivity contribution in [2.75, 3.05) is 18.5 Å². The van der Waals surface area contributed by atoms with Crippen molar-refractivity contribution in [1.29, 1.82) is 0 Å². The maximum Gasteiger partial charge on any atom is 0.0604 e. The number of hydrogen-bond donors (Lipinski definition) is 2. The van der Waals surface area contributed by atoms with Gasteiger partial charge in [0, 0.05) is 17.3 Å². The van der Waals surface area contributed by atoms with E-state index in [2.05, 4.69) is 5.32 Å². The molecule has 0 saturated carbocycles. The lowest BCUT2D eigenvalue weighted by atomic mass is 10.2. The number of aliphatic hydroxyl groups excluding tert-OH is 1. The highest BCUT2D eigenvalue weighted by Gasteiger charge is 1.96. The monoisotopic (exact) mass is 185 g/mol. The predicted molar refractivity (Wildman–Crippen MR) is 51.8 cm³/mol. The van der Waals surface area contributed by atoms with Crippen LogP contribution in [0.3, 0.4) is 0 Å². The SMILES string of the molecule is Cc1cc(Cl)ccc1NCCO. The minimum Gasteiger partial charge on any atom is -0.395 e. The Bertz CT molecular complexity index is 263. The van der Waals surface area contributed by atoms with Gasteiger partial charge in [-0.1, -0.05) is 11.6 Å². The average Bonchev–Trinajstić information content (AvgIpc) is 2.03. The summed E-state index contributed by atoms with van der Waals surface area (Å²) in [4.78, 5) is 0. The normalized spacial score (nSPS) is 9.92. The first-order chi connectivity index (χ1) is 5.74. The van der Waals surface area contributed by atoms with Crippen molar-refractivity contribution < 1.29 is 5.11 Å². The first-order valence-electron chi connectivity index (χ1n) is 3.85. The van der Waals surface area contributed by atoms with Crippen LogP contribution in [-0.2, 0) is 0 Å². The fraction of sp³-hybridized carbons (Fsp3) is 0.333. The van der Waals surface area contributed by atoms with Gasteiger partial charge in [-0.05, 0) is 30.7 Å². The third-order valence-corrected chi connectivity index (χ3v) is 1.85. The van der Waals surface area contributed by atoms with Crippen molar-refractivity contribution in [3.05, 3.63) is 28.8 Å². The lowest BCUT2D eigenvalue weighted by Crippen LogP contribution is -2.06. The molecule has 0 fully saturated rings. The first-order valence-corrected chi connectivity index (χ1v) is 4.22. The van der Waals surface area contributed by atoms with Crippen molar-refractivity contribution in [2.45, 2.75) is 6.92 Å². The molecule has 1 aromatic rings. The van der Waals surface area contributed by atoms with Crippen LogP contribution in [0.2, 0.25) is 5.02 Å². The van der Waals surface area contributed by atoms with Gasteiger partial charge in [-0.15, -0.1) is 0 Å². The Morgan fingerprint density at radius 2 is 2.25 bits per heavy atom. The van der Waals surface area contributed by atoms with Gasteiger partial charge >= 0.3 is 0 Å². The summed E-state index contributed by atoms with van der Waals surface area (Å²) in [5.41, 5.74) is 2.12. The Morgan fingerprint density at radius 3 is 2.83 bits per heavy atom. The molecule has 3 heteroatoms. The summed E-state index contributed by atoms with van der Waals surface area (Å²) in [7, 11) is 0. The molecule has 0 spiro atoms. The van der Waals surface area contributed by atoms with Crippen LogP contribution < -0.4 is 5.32 Å². The van der Waals surface area contributed by atoms with Crippen molar-refractivity contribution in [3.8, 4) is 0 Å². The third-order valence-electron chi connectivity index (χ3n) is 1.62. The number of aliphatic hydroxyl groups is 1. The smallest absolute Gasteiger partial charge is 0.0604 e. The van der Waals surface area contributed by atoms with E-state index in [1.807, 2.05) is 25.1 Å². The highest BCUT2D eigenvalue weighted by atomic mass is 35.5. The van der Waals surface area contributed by atoms with Gasteiger partial charge in [0.1, 0.15) is 0 Å². The molecule has 1 rings (SSSR count). The zero-order valence-corrected chi connectivity index (χ0v) is 7.73. The van der Waals surface area contributed by atoms with Crippen LogP contribution in [0.1, 0.15) is 5.56 Å². The second-order valence-corrected chi connectivity index (χ2v) is 3.05. The van der Waals surface area contributed by atoms with Crippen LogP contribution in [0, 0.1) is 6.92 Å². The van der Waals surface area contributed by atoms with Gasteiger partial charge in [-0.25, -0.2) is 0 Å². The topological polar surface area (TPSA) is 32.3 Å². The molecule has 0 radical (unpaired) electrons. The second-order valence-electron chi connectivity index (χ2n) is 2.61. The summed E-state index contributed by atoms with van der Waals surface area (Å²) in [6.45, 7) is 2.69. The molecular weight excluding hydrogens is 174 g/mol. The molecule has 2 N–H and O–H groups in total. The molecule has 66 valence electrons. The van der Waals surface area contributed by atoms with Crippen molar-refractivity contribution in [2.24, 2.45) is 0 Å². The minimum atomic E-state index is 0.141. The summed E-state index contributed by atoms with van der Waals surface area (Å²) >= 11 is 5.77. The van der Waals surface area contributed by atoms with E-state index in [0.29, 0.717) is 6.54 Å². The summed E-state index contributed by atoms with van der Waals surface area (Å²) in [5, 5.41) is 12.4. The molecule has 0 amide bonds. The Morgan fingerprint density at radius 1 is 1.50 bits per heavy atom. The molecule has 0 saturated heterocycles. The van der Waals surface area contributed by atoms with Crippen molar-refractivity contribution >= 4 is 17.3 Å². The molecule has 12 heavy (non-hydrogen) atoms. The van der Waals surface area contributed by atoms with Crippen molar-refractivity contribution in [3.63, 3.8) is 0 Å². The summed E-state index contributed by atoms with van der Waals surface area (Å²) < 4.78 is 0. The van der Waals surface area contributed by atoms with Gasteiger partial charge in [-0.2, -0.15) is 0 Å². The lowest BCUT2D eigenvalue weighted by molar-refractivity contribution is 0.311. The van der Waals surface area contributed by atoms with Gasteiger partial charge in [0.05, 0.1) is 6.61 Å². The largest absolute Gasteiger partial charge is 0.395 e. The molecule has 1 aromatic carbocycles. The van der Waals surface area contributed by atoms with E-state index in [-0.39, 0.29) is 6.61 Å². The number of benzene rings is 1. The van der Waals surface area contributed by atoms with E-state index in [0.717, 1.165) is 16.3 Å². The highest BCUT2D eigenvalue weighted by Crippen LogP contribution is 2.18. The van der Waals surface area contributed by atoms with Crippen LogP contribution in [-0.4, -0.2) is 18.3 Å². The first kappa shape index (κ1) is 9.36. The molecular formula is C9H12ClNO. The third kappa shape index (κ3) is 2.40. The Balaban J connectivity index is 2.72. The summed E-state index contributed by atoms with van der Waals surface area (Å²) in [5.74, 6) is 0. The van der Waals surface area contributed by atoms with Gasteiger partial charge in [0.2, 0.25) is 0 Å². The number of rotatable bonds is 3. The van der Waals surface area contributed by atoms with Gasteiger partial charge in [-0.3, -0.25) is 0 Å². The van der Waals surface area contributed by atoms with E-state index in [4.69, 9.17) is 16.7 Å². The molecule has 0 aromatic heterocycles.